The van der Waals surface area contributed by atoms with Crippen molar-refractivity contribution in [2.45, 2.75) is 0 Å². The van der Waals surface area contributed by atoms with E-state index >= 15 is 0 Å². The van der Waals surface area contributed by atoms with Crippen molar-refractivity contribution in [3.63, 3.8) is 0 Å². The number of methoxy groups -OCH3 is 1. The molecule has 0 saturated heterocycles. The first-order valence-electron chi connectivity index (χ1n) is 6.10. The summed E-state index contributed by atoms with van der Waals surface area (Å²) in [5.74, 6) is -0.902. The zero-order valence-corrected chi connectivity index (χ0v) is 12.0. The Morgan fingerprint density at radius 2 is 2.00 bits per heavy atom. The van der Waals surface area contributed by atoms with Gasteiger partial charge in [0, 0.05) is 17.7 Å². The Morgan fingerprint density at radius 1 is 1.29 bits per heavy atom. The van der Waals surface area contributed by atoms with E-state index in [2.05, 4.69) is 9.97 Å². The fraction of sp³-hybridized carbons (Fsp3) is 0.214. The van der Waals surface area contributed by atoms with Crippen LogP contribution in [0.25, 0.3) is 11.3 Å². The van der Waals surface area contributed by atoms with Gasteiger partial charge in [0.2, 0.25) is 5.88 Å². The van der Waals surface area contributed by atoms with Gasteiger partial charge in [0.05, 0.1) is 12.8 Å². The van der Waals surface area contributed by atoms with E-state index in [-0.39, 0.29) is 18.2 Å². The van der Waals surface area contributed by atoms with Crippen LogP contribution in [-0.4, -0.2) is 41.4 Å². The second kappa shape index (κ2) is 7.01. The molecule has 110 valence electrons. The number of nitrogens with zero attached hydrogens (tertiary/aromatic N) is 2. The lowest BCUT2D eigenvalue weighted by Crippen LogP contribution is -2.09. The quantitative estimate of drug-likeness (QED) is 0.826. The molecular weight excluding hydrogens is 296 g/mol. The topological polar surface area (TPSA) is 81.5 Å². The van der Waals surface area contributed by atoms with Crippen LogP contribution in [0.3, 0.4) is 0 Å². The molecular formula is C14H13ClN2O4. The molecule has 0 aliphatic heterocycles. The Bertz CT molecular complexity index is 631. The predicted octanol–water partition coefficient (Wildman–Crippen LogP) is 2.52. The second-order valence-electron chi connectivity index (χ2n) is 4.06. The molecule has 6 nitrogen and oxygen atoms in total. The summed E-state index contributed by atoms with van der Waals surface area (Å²) in [7, 11) is 1.56. The smallest absolute Gasteiger partial charge is 0.356 e. The fourth-order valence-electron chi connectivity index (χ4n) is 1.60. The Labute approximate surface area is 126 Å². The van der Waals surface area contributed by atoms with Crippen LogP contribution in [0, 0.1) is 0 Å². The minimum absolute atomic E-state index is 0.154. The lowest BCUT2D eigenvalue weighted by Gasteiger charge is -2.10. The molecule has 0 amide bonds. The zero-order valence-electron chi connectivity index (χ0n) is 11.2. The SMILES string of the molecule is COCCOc1ncc(C(=O)O)nc1-c1ccc(Cl)cc1. The number of carbonyl (C=O) groups is 1. The standard InChI is InChI=1S/C14H13ClN2O4/c1-20-6-7-21-13-12(9-2-4-10(15)5-3-9)17-11(8-16-13)14(18)19/h2-5,8H,6-7H2,1H3,(H,18,19). The Morgan fingerprint density at radius 3 is 2.62 bits per heavy atom. The van der Waals surface area contributed by atoms with Gasteiger partial charge in [0.25, 0.3) is 0 Å². The van der Waals surface area contributed by atoms with Gasteiger partial charge in [0.15, 0.2) is 5.69 Å². The van der Waals surface area contributed by atoms with E-state index in [1.807, 2.05) is 0 Å². The number of hydrogen-bond acceptors (Lipinski definition) is 5. The minimum atomic E-state index is -1.15. The van der Waals surface area contributed by atoms with E-state index in [9.17, 15) is 4.79 Å². The number of aromatic carboxylic acids is 1. The maximum Gasteiger partial charge on any atom is 0.356 e. The molecule has 0 aliphatic carbocycles. The number of carboxylic acids is 1. The summed E-state index contributed by atoms with van der Waals surface area (Å²) in [5, 5.41) is 9.59. The third kappa shape index (κ3) is 3.90. The maximum atomic E-state index is 11.0. The normalized spacial score (nSPS) is 10.4. The van der Waals surface area contributed by atoms with Gasteiger partial charge in [-0.25, -0.2) is 14.8 Å². The minimum Gasteiger partial charge on any atom is -0.476 e. The molecule has 0 unspecified atom stereocenters. The van der Waals surface area contributed by atoms with Crippen molar-refractivity contribution >= 4 is 17.6 Å². The van der Waals surface area contributed by atoms with Crippen LogP contribution in [0.5, 0.6) is 5.88 Å². The van der Waals surface area contributed by atoms with Crippen molar-refractivity contribution in [2.75, 3.05) is 20.3 Å². The monoisotopic (exact) mass is 308 g/mol. The van der Waals surface area contributed by atoms with Crippen molar-refractivity contribution in [2.24, 2.45) is 0 Å². The second-order valence-corrected chi connectivity index (χ2v) is 4.50. The highest BCUT2D eigenvalue weighted by atomic mass is 35.5. The first-order valence-corrected chi connectivity index (χ1v) is 6.47. The van der Waals surface area contributed by atoms with Crippen LogP contribution < -0.4 is 4.74 Å². The Balaban J connectivity index is 2.40. The highest BCUT2D eigenvalue weighted by Gasteiger charge is 2.14. The molecule has 0 fully saturated rings. The van der Waals surface area contributed by atoms with Gasteiger partial charge in [-0.3, -0.25) is 0 Å². The van der Waals surface area contributed by atoms with E-state index in [1.165, 1.54) is 0 Å². The van der Waals surface area contributed by atoms with Crippen LogP contribution in [0.2, 0.25) is 5.02 Å². The maximum absolute atomic E-state index is 11.0. The molecule has 2 aromatic rings. The van der Waals surface area contributed by atoms with E-state index in [0.717, 1.165) is 6.20 Å². The number of halogens is 1. The summed E-state index contributed by atoms with van der Waals surface area (Å²) in [6.07, 6.45) is 1.16. The first kappa shape index (κ1) is 15.2. The average molecular weight is 309 g/mol. The third-order valence-electron chi connectivity index (χ3n) is 2.60. The summed E-state index contributed by atoms with van der Waals surface area (Å²) in [6.45, 7) is 0.681. The summed E-state index contributed by atoms with van der Waals surface area (Å²) in [5.41, 5.74) is 0.865. The van der Waals surface area contributed by atoms with Crippen molar-refractivity contribution < 1.29 is 19.4 Å². The van der Waals surface area contributed by atoms with Crippen LogP contribution in [0.1, 0.15) is 10.5 Å². The average Bonchev–Trinajstić information content (AvgIpc) is 2.48. The van der Waals surface area contributed by atoms with Crippen molar-refractivity contribution in [1.29, 1.82) is 0 Å². The highest BCUT2D eigenvalue weighted by Crippen LogP contribution is 2.27. The van der Waals surface area contributed by atoms with E-state index < -0.39 is 5.97 Å². The first-order chi connectivity index (χ1) is 10.1. The molecule has 0 bridgehead atoms. The van der Waals surface area contributed by atoms with E-state index in [0.29, 0.717) is 22.9 Å². The fourth-order valence-corrected chi connectivity index (χ4v) is 1.73. The van der Waals surface area contributed by atoms with Crippen LogP contribution in [0.15, 0.2) is 30.5 Å². The van der Waals surface area contributed by atoms with E-state index in [4.69, 9.17) is 26.2 Å². The summed E-state index contributed by atoms with van der Waals surface area (Å²) < 4.78 is 10.4. The molecule has 1 N–H and O–H groups in total. The van der Waals surface area contributed by atoms with Gasteiger partial charge < -0.3 is 14.6 Å². The van der Waals surface area contributed by atoms with E-state index in [1.54, 1.807) is 31.4 Å². The molecule has 0 spiro atoms. The lowest BCUT2D eigenvalue weighted by molar-refractivity contribution is 0.0689. The highest BCUT2D eigenvalue weighted by molar-refractivity contribution is 6.30. The predicted molar refractivity (Wildman–Crippen MR) is 76.8 cm³/mol. The number of hydrogen-bond donors (Lipinski definition) is 1. The molecule has 1 aromatic carbocycles. The molecule has 0 aliphatic rings. The van der Waals surface area contributed by atoms with Gasteiger partial charge in [-0.15, -0.1) is 0 Å². The van der Waals surface area contributed by atoms with Crippen LogP contribution >= 0.6 is 11.6 Å². The van der Waals surface area contributed by atoms with Gasteiger partial charge in [-0.2, -0.15) is 0 Å². The molecule has 0 atom stereocenters. The summed E-state index contributed by atoms with van der Waals surface area (Å²) in [4.78, 5) is 19.1. The Kier molecular flexibility index (Phi) is 5.08. The largest absolute Gasteiger partial charge is 0.476 e. The zero-order chi connectivity index (χ0) is 15.2. The molecule has 2 rings (SSSR count). The van der Waals surface area contributed by atoms with Gasteiger partial charge >= 0.3 is 5.97 Å². The van der Waals surface area contributed by atoms with Gasteiger partial charge in [0.1, 0.15) is 12.3 Å². The summed E-state index contributed by atoms with van der Waals surface area (Å²) in [6, 6.07) is 6.82. The molecule has 1 heterocycles. The Hall–Kier alpha value is -2.18. The number of aromatic nitrogens is 2. The molecule has 0 saturated carbocycles. The number of ether oxygens (including phenoxy) is 2. The van der Waals surface area contributed by atoms with Gasteiger partial charge in [-0.1, -0.05) is 23.7 Å². The van der Waals surface area contributed by atoms with Crippen molar-refractivity contribution in [3.8, 4) is 17.1 Å². The van der Waals surface area contributed by atoms with Crippen molar-refractivity contribution in [3.05, 3.63) is 41.2 Å². The number of carboxylic acid groups (broad SMARTS) is 1. The summed E-state index contributed by atoms with van der Waals surface area (Å²) >= 11 is 5.85. The molecule has 21 heavy (non-hydrogen) atoms. The molecule has 0 radical (unpaired) electrons. The number of benzene rings is 1. The third-order valence-corrected chi connectivity index (χ3v) is 2.85. The van der Waals surface area contributed by atoms with Crippen LogP contribution in [0.4, 0.5) is 0 Å². The molecule has 7 heteroatoms. The van der Waals surface area contributed by atoms with Crippen LogP contribution in [-0.2, 0) is 4.74 Å². The number of rotatable bonds is 6. The molecule has 1 aromatic heterocycles. The lowest BCUT2D eigenvalue weighted by atomic mass is 10.1. The van der Waals surface area contributed by atoms with Crippen molar-refractivity contribution in [1.82, 2.24) is 9.97 Å². The van der Waals surface area contributed by atoms with Gasteiger partial charge in [-0.05, 0) is 12.1 Å².